The van der Waals surface area contributed by atoms with Crippen LogP contribution in [-0.4, -0.2) is 22.3 Å². The third-order valence-corrected chi connectivity index (χ3v) is 4.14. The molecule has 3 heteroatoms. The number of hydrogen-bond acceptors (Lipinski definition) is 2. The SMILES string of the molecule is CCc1ccc(C(CC)NC(C)CS(C)=O)cc1. The second-order valence-corrected chi connectivity index (χ2v) is 6.34. The standard InChI is InChI=1S/C15H25NOS/c1-5-13-7-9-14(10-8-13)15(6-2)16-12(3)11-18(4)17/h7-10,12,15-16H,5-6,11H2,1-4H3. The van der Waals surface area contributed by atoms with Crippen LogP contribution in [0, 0.1) is 0 Å². The number of benzene rings is 1. The van der Waals surface area contributed by atoms with Crippen LogP contribution in [0.15, 0.2) is 24.3 Å². The van der Waals surface area contributed by atoms with Crippen molar-refractivity contribution < 1.29 is 4.21 Å². The summed E-state index contributed by atoms with van der Waals surface area (Å²) in [4.78, 5) is 0. The molecule has 0 aromatic heterocycles. The molecule has 3 unspecified atom stereocenters. The zero-order chi connectivity index (χ0) is 13.5. The van der Waals surface area contributed by atoms with Gasteiger partial charge in [0.15, 0.2) is 0 Å². The molecule has 0 saturated heterocycles. The summed E-state index contributed by atoms with van der Waals surface area (Å²) in [5.41, 5.74) is 2.69. The highest BCUT2D eigenvalue weighted by atomic mass is 32.2. The Morgan fingerprint density at radius 2 is 1.83 bits per heavy atom. The van der Waals surface area contributed by atoms with Crippen LogP contribution < -0.4 is 5.32 Å². The van der Waals surface area contributed by atoms with E-state index in [0.29, 0.717) is 11.8 Å². The molecule has 0 radical (unpaired) electrons. The molecule has 0 saturated carbocycles. The van der Waals surface area contributed by atoms with Gasteiger partial charge in [-0.15, -0.1) is 0 Å². The fourth-order valence-corrected chi connectivity index (χ4v) is 2.98. The van der Waals surface area contributed by atoms with E-state index < -0.39 is 10.8 Å². The molecule has 2 nitrogen and oxygen atoms in total. The topological polar surface area (TPSA) is 29.1 Å². The molecule has 0 amide bonds. The second kappa shape index (κ2) is 7.70. The minimum absolute atomic E-state index is 0.284. The maximum atomic E-state index is 11.2. The van der Waals surface area contributed by atoms with Gasteiger partial charge in [0.25, 0.3) is 0 Å². The first-order valence-electron chi connectivity index (χ1n) is 6.71. The lowest BCUT2D eigenvalue weighted by molar-refractivity contribution is 0.468. The minimum Gasteiger partial charge on any atom is -0.307 e. The number of rotatable bonds is 7. The molecule has 1 N–H and O–H groups in total. The van der Waals surface area contributed by atoms with Gasteiger partial charge in [0, 0.05) is 34.9 Å². The Morgan fingerprint density at radius 1 is 1.22 bits per heavy atom. The van der Waals surface area contributed by atoms with E-state index >= 15 is 0 Å². The van der Waals surface area contributed by atoms with Crippen molar-refractivity contribution in [3.8, 4) is 0 Å². The Hall–Kier alpha value is -0.670. The molecule has 0 bridgehead atoms. The van der Waals surface area contributed by atoms with Crippen LogP contribution in [-0.2, 0) is 17.2 Å². The fraction of sp³-hybridized carbons (Fsp3) is 0.600. The summed E-state index contributed by atoms with van der Waals surface area (Å²) in [7, 11) is -0.738. The van der Waals surface area contributed by atoms with E-state index in [1.54, 1.807) is 6.26 Å². The van der Waals surface area contributed by atoms with Crippen LogP contribution in [0.3, 0.4) is 0 Å². The van der Waals surface area contributed by atoms with E-state index in [-0.39, 0.29) is 6.04 Å². The van der Waals surface area contributed by atoms with E-state index in [0.717, 1.165) is 12.8 Å². The summed E-state index contributed by atoms with van der Waals surface area (Å²) in [5.74, 6) is 0.712. The highest BCUT2D eigenvalue weighted by Gasteiger charge is 2.13. The van der Waals surface area contributed by atoms with Gasteiger partial charge in [0.05, 0.1) is 0 Å². The van der Waals surface area contributed by atoms with Crippen molar-refractivity contribution in [2.75, 3.05) is 12.0 Å². The molecule has 1 rings (SSSR count). The maximum Gasteiger partial charge on any atom is 0.0383 e. The fourth-order valence-electron chi connectivity index (χ4n) is 2.18. The van der Waals surface area contributed by atoms with Gasteiger partial charge in [-0.3, -0.25) is 4.21 Å². The number of hydrogen-bond donors (Lipinski definition) is 1. The van der Waals surface area contributed by atoms with Crippen LogP contribution in [0.2, 0.25) is 0 Å². The molecule has 18 heavy (non-hydrogen) atoms. The second-order valence-electron chi connectivity index (χ2n) is 4.86. The quantitative estimate of drug-likeness (QED) is 0.822. The maximum absolute atomic E-state index is 11.2. The normalized spacial score (nSPS) is 16.2. The first-order chi connectivity index (χ1) is 8.56. The number of nitrogens with one attached hydrogen (secondary N) is 1. The third-order valence-electron chi connectivity index (χ3n) is 3.17. The third kappa shape index (κ3) is 4.91. The molecule has 1 aromatic rings. The Morgan fingerprint density at radius 3 is 2.28 bits per heavy atom. The van der Waals surface area contributed by atoms with Crippen LogP contribution in [0.25, 0.3) is 0 Å². The van der Waals surface area contributed by atoms with E-state index in [2.05, 4.69) is 50.4 Å². The first kappa shape index (κ1) is 15.4. The molecule has 0 aliphatic heterocycles. The van der Waals surface area contributed by atoms with Gasteiger partial charge in [0.1, 0.15) is 0 Å². The van der Waals surface area contributed by atoms with Crippen molar-refractivity contribution in [3.05, 3.63) is 35.4 Å². The van der Waals surface area contributed by atoms with Gasteiger partial charge in [-0.25, -0.2) is 0 Å². The molecule has 0 heterocycles. The summed E-state index contributed by atoms with van der Waals surface area (Å²) in [6, 6.07) is 9.44. The van der Waals surface area contributed by atoms with Gasteiger partial charge in [-0.1, -0.05) is 38.1 Å². The van der Waals surface area contributed by atoms with Crippen molar-refractivity contribution in [2.45, 2.75) is 45.7 Å². The molecule has 0 aliphatic rings. The highest BCUT2D eigenvalue weighted by Crippen LogP contribution is 2.18. The summed E-state index contributed by atoms with van der Waals surface area (Å²) in [6.07, 6.45) is 3.89. The molecule has 0 aliphatic carbocycles. The average Bonchev–Trinajstić information content (AvgIpc) is 2.35. The summed E-state index contributed by atoms with van der Waals surface area (Å²) >= 11 is 0. The van der Waals surface area contributed by atoms with Crippen LogP contribution in [0.5, 0.6) is 0 Å². The van der Waals surface area contributed by atoms with Crippen molar-refractivity contribution in [1.82, 2.24) is 5.32 Å². The predicted octanol–water partition coefficient (Wildman–Crippen LogP) is 3.06. The van der Waals surface area contributed by atoms with Gasteiger partial charge in [0.2, 0.25) is 0 Å². The van der Waals surface area contributed by atoms with Crippen molar-refractivity contribution in [2.24, 2.45) is 0 Å². The summed E-state index contributed by atoms with van der Waals surface area (Å²) in [5, 5.41) is 3.56. The van der Waals surface area contributed by atoms with Crippen LogP contribution >= 0.6 is 0 Å². The Kier molecular flexibility index (Phi) is 6.58. The van der Waals surface area contributed by atoms with Crippen molar-refractivity contribution >= 4 is 10.8 Å². The molecular formula is C15H25NOS. The molecule has 0 spiro atoms. The Balaban J connectivity index is 2.66. The zero-order valence-corrected chi connectivity index (χ0v) is 12.7. The van der Waals surface area contributed by atoms with E-state index in [9.17, 15) is 4.21 Å². The molecule has 102 valence electrons. The number of aryl methyl sites for hydroxylation is 1. The van der Waals surface area contributed by atoms with E-state index in [4.69, 9.17) is 0 Å². The lowest BCUT2D eigenvalue weighted by Crippen LogP contribution is -2.34. The predicted molar refractivity (Wildman–Crippen MR) is 80.4 cm³/mol. The smallest absolute Gasteiger partial charge is 0.0383 e. The zero-order valence-electron chi connectivity index (χ0n) is 11.9. The van der Waals surface area contributed by atoms with Gasteiger partial charge in [-0.05, 0) is 30.9 Å². The summed E-state index contributed by atoms with van der Waals surface area (Å²) in [6.45, 7) is 6.45. The first-order valence-corrected chi connectivity index (χ1v) is 8.44. The van der Waals surface area contributed by atoms with Gasteiger partial charge in [-0.2, -0.15) is 0 Å². The molecule has 3 atom stereocenters. The largest absolute Gasteiger partial charge is 0.307 e. The molecule has 1 aromatic carbocycles. The highest BCUT2D eigenvalue weighted by molar-refractivity contribution is 7.84. The Bertz CT molecular complexity index is 375. The summed E-state index contributed by atoms with van der Waals surface area (Å²) < 4.78 is 11.2. The minimum atomic E-state index is -0.738. The van der Waals surface area contributed by atoms with Gasteiger partial charge < -0.3 is 5.32 Å². The van der Waals surface area contributed by atoms with Gasteiger partial charge >= 0.3 is 0 Å². The van der Waals surface area contributed by atoms with Crippen molar-refractivity contribution in [3.63, 3.8) is 0 Å². The van der Waals surface area contributed by atoms with Crippen LogP contribution in [0.1, 0.15) is 44.4 Å². The Labute approximate surface area is 114 Å². The van der Waals surface area contributed by atoms with Crippen LogP contribution in [0.4, 0.5) is 0 Å². The van der Waals surface area contributed by atoms with Crippen molar-refractivity contribution in [1.29, 1.82) is 0 Å². The lowest BCUT2D eigenvalue weighted by Gasteiger charge is -2.22. The molecular weight excluding hydrogens is 242 g/mol. The molecule has 0 fully saturated rings. The van der Waals surface area contributed by atoms with E-state index in [1.165, 1.54) is 11.1 Å². The monoisotopic (exact) mass is 267 g/mol. The van der Waals surface area contributed by atoms with E-state index in [1.807, 2.05) is 0 Å². The average molecular weight is 267 g/mol. The lowest BCUT2D eigenvalue weighted by atomic mass is 10.0.